The Morgan fingerprint density at radius 3 is 2.20 bits per heavy atom. The molecule has 104 valence electrons. The second-order valence-corrected chi connectivity index (χ2v) is 5.61. The summed E-state index contributed by atoms with van der Waals surface area (Å²) in [5.74, 6) is 0.0500. The maximum absolute atomic E-state index is 12.5. The van der Waals surface area contributed by atoms with Crippen LogP contribution in [0.2, 0.25) is 0 Å². The summed E-state index contributed by atoms with van der Waals surface area (Å²) in [6.45, 7) is 2.05. The molecule has 0 aliphatic carbocycles. The molecule has 0 saturated carbocycles. The molecule has 2 aromatic rings. The first-order valence-corrected chi connectivity index (χ1v) is 7.82. The topological polar surface area (TPSA) is 20.3 Å². The van der Waals surface area contributed by atoms with E-state index in [2.05, 4.69) is 0 Å². The fraction of sp³-hybridized carbons (Fsp3) is 0.235. The van der Waals surface area contributed by atoms with Crippen molar-refractivity contribution < 1.29 is 4.79 Å². The van der Waals surface area contributed by atoms with E-state index in [1.165, 1.54) is 4.90 Å². The van der Waals surface area contributed by atoms with E-state index in [0.717, 1.165) is 11.1 Å². The number of carbonyl (C=O) groups is 1. The number of hydrogen-bond donors (Lipinski definition) is 0. The van der Waals surface area contributed by atoms with Gasteiger partial charge in [-0.2, -0.15) is 0 Å². The van der Waals surface area contributed by atoms with Crippen LogP contribution in [-0.2, 0) is 0 Å². The molecule has 0 heterocycles. The summed E-state index contributed by atoms with van der Waals surface area (Å²) in [6.07, 6.45) is 2.03. The van der Waals surface area contributed by atoms with E-state index in [9.17, 15) is 4.79 Å². The zero-order valence-electron chi connectivity index (χ0n) is 12.0. The van der Waals surface area contributed by atoms with E-state index in [4.69, 9.17) is 0 Å². The molecule has 0 spiro atoms. The van der Waals surface area contributed by atoms with Crippen molar-refractivity contribution in [1.29, 1.82) is 0 Å². The van der Waals surface area contributed by atoms with Crippen molar-refractivity contribution in [2.45, 2.75) is 17.9 Å². The highest BCUT2D eigenvalue weighted by atomic mass is 32.2. The minimum atomic E-state index is 0.0500. The minimum Gasteiger partial charge on any atom is -0.335 e. The lowest BCUT2D eigenvalue weighted by molar-refractivity contribution is 0.0742. The Morgan fingerprint density at radius 1 is 1.05 bits per heavy atom. The molecule has 2 nitrogen and oxygen atoms in total. The van der Waals surface area contributed by atoms with E-state index in [-0.39, 0.29) is 11.9 Å². The third-order valence-electron chi connectivity index (χ3n) is 3.52. The van der Waals surface area contributed by atoms with Crippen LogP contribution in [0.15, 0.2) is 59.5 Å². The van der Waals surface area contributed by atoms with E-state index in [1.807, 2.05) is 74.8 Å². The van der Waals surface area contributed by atoms with Crippen LogP contribution in [-0.4, -0.2) is 24.1 Å². The van der Waals surface area contributed by atoms with Gasteiger partial charge in [-0.15, -0.1) is 11.8 Å². The summed E-state index contributed by atoms with van der Waals surface area (Å²) in [5.41, 5.74) is 1.87. The molecule has 0 radical (unpaired) electrons. The van der Waals surface area contributed by atoms with Crippen LogP contribution in [0.3, 0.4) is 0 Å². The van der Waals surface area contributed by atoms with Crippen LogP contribution in [0, 0.1) is 0 Å². The molecular formula is C17H19NOS. The second kappa shape index (κ2) is 6.62. The predicted octanol–water partition coefficient (Wildman–Crippen LogP) is 4.24. The average molecular weight is 285 g/mol. The van der Waals surface area contributed by atoms with Crippen molar-refractivity contribution in [1.82, 2.24) is 4.90 Å². The lowest BCUT2D eigenvalue weighted by atomic mass is 10.1. The maximum Gasteiger partial charge on any atom is 0.254 e. The molecule has 0 saturated heterocycles. The van der Waals surface area contributed by atoms with E-state index in [1.54, 1.807) is 16.7 Å². The standard InChI is InChI=1S/C17H19NOS/c1-13(14-7-5-4-6-8-14)18(2)17(19)15-9-11-16(20-3)12-10-15/h4-13H,1-3H3. The van der Waals surface area contributed by atoms with Crippen molar-refractivity contribution in [2.24, 2.45) is 0 Å². The molecule has 20 heavy (non-hydrogen) atoms. The first kappa shape index (κ1) is 14.7. The predicted molar refractivity (Wildman–Crippen MR) is 85.2 cm³/mol. The normalized spacial score (nSPS) is 11.9. The van der Waals surface area contributed by atoms with Gasteiger partial charge < -0.3 is 4.90 Å². The summed E-state index contributed by atoms with van der Waals surface area (Å²) in [5, 5.41) is 0. The monoisotopic (exact) mass is 285 g/mol. The molecule has 3 heteroatoms. The third kappa shape index (κ3) is 3.23. The highest BCUT2D eigenvalue weighted by Gasteiger charge is 2.18. The Labute approximate surface area is 124 Å². The lowest BCUT2D eigenvalue weighted by Gasteiger charge is -2.25. The van der Waals surface area contributed by atoms with Gasteiger partial charge in [0.1, 0.15) is 0 Å². The van der Waals surface area contributed by atoms with Crippen molar-refractivity contribution in [3.8, 4) is 0 Å². The molecule has 0 bridgehead atoms. The summed E-state index contributed by atoms with van der Waals surface area (Å²) < 4.78 is 0. The molecule has 2 rings (SSSR count). The first-order valence-electron chi connectivity index (χ1n) is 6.59. The van der Waals surface area contributed by atoms with Crippen LogP contribution in [0.4, 0.5) is 0 Å². The van der Waals surface area contributed by atoms with Gasteiger partial charge in [0.15, 0.2) is 0 Å². The number of carbonyl (C=O) groups excluding carboxylic acids is 1. The Kier molecular flexibility index (Phi) is 4.85. The van der Waals surface area contributed by atoms with Crippen molar-refractivity contribution in [3.63, 3.8) is 0 Å². The summed E-state index contributed by atoms with van der Waals surface area (Å²) in [4.78, 5) is 15.4. The van der Waals surface area contributed by atoms with Crippen molar-refractivity contribution in [3.05, 3.63) is 65.7 Å². The molecule has 2 aromatic carbocycles. The molecular weight excluding hydrogens is 266 g/mol. The zero-order chi connectivity index (χ0) is 14.5. The number of rotatable bonds is 4. The molecule has 0 aliphatic rings. The summed E-state index contributed by atoms with van der Waals surface area (Å²) in [7, 11) is 1.85. The average Bonchev–Trinajstić information content (AvgIpc) is 2.53. The number of amides is 1. The van der Waals surface area contributed by atoms with E-state index in [0.29, 0.717) is 0 Å². The summed E-state index contributed by atoms with van der Waals surface area (Å²) in [6, 6.07) is 17.9. The highest BCUT2D eigenvalue weighted by molar-refractivity contribution is 7.98. The van der Waals surface area contributed by atoms with Crippen LogP contribution >= 0.6 is 11.8 Å². The van der Waals surface area contributed by atoms with Crippen LogP contribution in [0.25, 0.3) is 0 Å². The Hall–Kier alpha value is -1.74. The van der Waals surface area contributed by atoms with Gasteiger partial charge >= 0.3 is 0 Å². The van der Waals surface area contributed by atoms with Gasteiger partial charge in [-0.1, -0.05) is 30.3 Å². The van der Waals surface area contributed by atoms with Crippen molar-refractivity contribution >= 4 is 17.7 Å². The smallest absolute Gasteiger partial charge is 0.254 e. The van der Waals surface area contributed by atoms with Gasteiger partial charge in [0, 0.05) is 17.5 Å². The molecule has 1 amide bonds. The highest BCUT2D eigenvalue weighted by Crippen LogP contribution is 2.21. The number of thioether (sulfide) groups is 1. The SMILES string of the molecule is CSc1ccc(C(=O)N(C)C(C)c2ccccc2)cc1. The fourth-order valence-electron chi connectivity index (χ4n) is 2.07. The maximum atomic E-state index is 12.5. The van der Waals surface area contributed by atoms with Gasteiger partial charge in [0.25, 0.3) is 5.91 Å². The molecule has 1 atom stereocenters. The molecule has 0 aliphatic heterocycles. The van der Waals surface area contributed by atoms with E-state index >= 15 is 0 Å². The van der Waals surface area contributed by atoms with Gasteiger partial charge in [-0.3, -0.25) is 4.79 Å². The van der Waals surface area contributed by atoms with Gasteiger partial charge in [0.2, 0.25) is 0 Å². The quantitative estimate of drug-likeness (QED) is 0.783. The van der Waals surface area contributed by atoms with Crippen LogP contribution < -0.4 is 0 Å². The second-order valence-electron chi connectivity index (χ2n) is 4.73. The third-order valence-corrected chi connectivity index (χ3v) is 4.26. The fourth-order valence-corrected chi connectivity index (χ4v) is 2.48. The Morgan fingerprint density at radius 2 is 1.65 bits per heavy atom. The Balaban J connectivity index is 2.15. The van der Waals surface area contributed by atoms with Crippen LogP contribution in [0.5, 0.6) is 0 Å². The summed E-state index contributed by atoms with van der Waals surface area (Å²) >= 11 is 1.68. The number of nitrogens with zero attached hydrogens (tertiary/aromatic N) is 1. The van der Waals surface area contributed by atoms with Crippen molar-refractivity contribution in [2.75, 3.05) is 13.3 Å². The van der Waals surface area contributed by atoms with Gasteiger partial charge in [0.05, 0.1) is 6.04 Å². The largest absolute Gasteiger partial charge is 0.335 e. The molecule has 0 aromatic heterocycles. The molecule has 0 fully saturated rings. The van der Waals surface area contributed by atoms with Crippen LogP contribution in [0.1, 0.15) is 28.9 Å². The lowest BCUT2D eigenvalue weighted by Crippen LogP contribution is -2.29. The van der Waals surface area contributed by atoms with Gasteiger partial charge in [-0.25, -0.2) is 0 Å². The van der Waals surface area contributed by atoms with Gasteiger partial charge in [-0.05, 0) is 43.0 Å². The number of hydrogen-bond acceptors (Lipinski definition) is 2. The number of benzene rings is 2. The zero-order valence-corrected chi connectivity index (χ0v) is 12.9. The molecule has 1 unspecified atom stereocenters. The Bertz CT molecular complexity index is 565. The minimum absolute atomic E-state index is 0.0500. The molecule has 0 N–H and O–H groups in total. The first-order chi connectivity index (χ1) is 9.63. The van der Waals surface area contributed by atoms with E-state index < -0.39 is 0 Å².